The van der Waals surface area contributed by atoms with Crippen molar-refractivity contribution < 1.29 is 19.5 Å². The lowest BCUT2D eigenvalue weighted by Gasteiger charge is -2.30. The summed E-state index contributed by atoms with van der Waals surface area (Å²) < 4.78 is 0. The van der Waals surface area contributed by atoms with Crippen LogP contribution in [-0.4, -0.2) is 47.4 Å². The predicted molar refractivity (Wildman–Crippen MR) is 78.2 cm³/mol. The zero-order valence-corrected chi connectivity index (χ0v) is 12.4. The van der Waals surface area contributed by atoms with Crippen LogP contribution >= 0.6 is 11.3 Å². The highest BCUT2D eigenvalue weighted by Crippen LogP contribution is 2.17. The molecule has 1 fully saturated rings. The van der Waals surface area contributed by atoms with Gasteiger partial charge in [-0.1, -0.05) is 0 Å². The standard InChI is InChI=1S/C14H18N2O4S/c17-12(16-6-1-2-10(8-16)14(19)20)3-5-15-13(18)11-4-7-21-9-11/h4,7,9-10H,1-3,5-6,8H2,(H,15,18)(H,19,20)/t10-/m1/s1. The van der Waals surface area contributed by atoms with Gasteiger partial charge in [0.1, 0.15) is 0 Å². The molecule has 2 N–H and O–H groups in total. The van der Waals surface area contributed by atoms with Gasteiger partial charge in [-0.3, -0.25) is 14.4 Å². The largest absolute Gasteiger partial charge is 0.481 e. The number of hydrogen-bond acceptors (Lipinski definition) is 4. The number of carboxylic acids is 1. The van der Waals surface area contributed by atoms with Crippen molar-refractivity contribution in [3.05, 3.63) is 22.4 Å². The topological polar surface area (TPSA) is 86.7 Å². The van der Waals surface area contributed by atoms with E-state index < -0.39 is 11.9 Å². The van der Waals surface area contributed by atoms with Crippen molar-refractivity contribution in [2.24, 2.45) is 5.92 Å². The van der Waals surface area contributed by atoms with Crippen LogP contribution in [-0.2, 0) is 9.59 Å². The highest BCUT2D eigenvalue weighted by atomic mass is 32.1. The van der Waals surface area contributed by atoms with E-state index in [9.17, 15) is 14.4 Å². The van der Waals surface area contributed by atoms with E-state index in [0.717, 1.165) is 0 Å². The van der Waals surface area contributed by atoms with Crippen LogP contribution < -0.4 is 5.32 Å². The van der Waals surface area contributed by atoms with Gasteiger partial charge < -0.3 is 15.3 Å². The van der Waals surface area contributed by atoms with Crippen LogP contribution in [0.1, 0.15) is 29.6 Å². The van der Waals surface area contributed by atoms with Gasteiger partial charge in [0.2, 0.25) is 5.91 Å². The van der Waals surface area contributed by atoms with Crippen molar-refractivity contribution >= 4 is 29.1 Å². The molecule has 0 unspecified atom stereocenters. The second-order valence-electron chi connectivity index (χ2n) is 5.04. The fourth-order valence-corrected chi connectivity index (χ4v) is 2.98. The van der Waals surface area contributed by atoms with E-state index in [0.29, 0.717) is 24.9 Å². The predicted octanol–water partition coefficient (Wildman–Crippen LogP) is 1.19. The summed E-state index contributed by atoms with van der Waals surface area (Å²) in [5.74, 6) is -1.61. The second-order valence-corrected chi connectivity index (χ2v) is 5.82. The number of hydrogen-bond donors (Lipinski definition) is 2. The molecular weight excluding hydrogens is 292 g/mol. The smallest absolute Gasteiger partial charge is 0.308 e. The van der Waals surface area contributed by atoms with Gasteiger partial charge in [-0.05, 0) is 24.3 Å². The number of aliphatic carboxylic acids is 1. The van der Waals surface area contributed by atoms with Crippen molar-refractivity contribution in [2.75, 3.05) is 19.6 Å². The lowest BCUT2D eigenvalue weighted by molar-refractivity contribution is -0.145. The van der Waals surface area contributed by atoms with Crippen molar-refractivity contribution in [1.82, 2.24) is 10.2 Å². The van der Waals surface area contributed by atoms with E-state index in [1.807, 2.05) is 5.38 Å². The van der Waals surface area contributed by atoms with Gasteiger partial charge in [0.15, 0.2) is 0 Å². The maximum absolute atomic E-state index is 12.0. The summed E-state index contributed by atoms with van der Waals surface area (Å²) in [6.07, 6.45) is 1.53. The zero-order chi connectivity index (χ0) is 15.2. The molecule has 0 radical (unpaired) electrons. The van der Waals surface area contributed by atoms with E-state index in [2.05, 4.69) is 5.32 Å². The highest BCUT2D eigenvalue weighted by Gasteiger charge is 2.27. The van der Waals surface area contributed by atoms with Crippen LogP contribution in [0.2, 0.25) is 0 Å². The summed E-state index contributed by atoms with van der Waals surface area (Å²) in [5, 5.41) is 15.3. The molecule has 2 heterocycles. The first-order valence-corrected chi connectivity index (χ1v) is 7.83. The summed E-state index contributed by atoms with van der Waals surface area (Å²) in [6.45, 7) is 1.13. The molecule has 0 aromatic carbocycles. The third-order valence-electron chi connectivity index (χ3n) is 3.53. The lowest BCUT2D eigenvalue weighted by atomic mass is 9.98. The third kappa shape index (κ3) is 4.29. The van der Waals surface area contributed by atoms with Gasteiger partial charge in [0, 0.05) is 37.0 Å². The van der Waals surface area contributed by atoms with Crippen molar-refractivity contribution in [1.29, 1.82) is 0 Å². The van der Waals surface area contributed by atoms with Crippen LogP contribution in [0.5, 0.6) is 0 Å². The van der Waals surface area contributed by atoms with Crippen LogP contribution in [0.25, 0.3) is 0 Å². The fourth-order valence-electron chi connectivity index (χ4n) is 2.34. The number of carboxylic acid groups (broad SMARTS) is 1. The Balaban J connectivity index is 1.74. The molecule has 114 valence electrons. The van der Waals surface area contributed by atoms with E-state index in [-0.39, 0.29) is 31.3 Å². The molecule has 0 spiro atoms. The number of carbonyl (C=O) groups excluding carboxylic acids is 2. The van der Waals surface area contributed by atoms with Crippen molar-refractivity contribution in [3.8, 4) is 0 Å². The second kappa shape index (κ2) is 7.21. The first-order chi connectivity index (χ1) is 10.1. The van der Waals surface area contributed by atoms with Gasteiger partial charge in [0.05, 0.1) is 5.92 Å². The molecule has 1 aliphatic heterocycles. The number of nitrogens with zero attached hydrogens (tertiary/aromatic N) is 1. The maximum atomic E-state index is 12.0. The third-order valence-corrected chi connectivity index (χ3v) is 4.21. The molecule has 0 bridgehead atoms. The molecule has 1 atom stereocenters. The summed E-state index contributed by atoms with van der Waals surface area (Å²) in [7, 11) is 0. The van der Waals surface area contributed by atoms with E-state index >= 15 is 0 Å². The minimum atomic E-state index is -0.849. The zero-order valence-electron chi connectivity index (χ0n) is 11.6. The molecule has 7 heteroatoms. The fraction of sp³-hybridized carbons (Fsp3) is 0.500. The molecule has 2 amide bonds. The SMILES string of the molecule is O=C(NCCC(=O)N1CCC[C@@H](C(=O)O)C1)c1ccsc1. The number of thiophene rings is 1. The molecule has 2 rings (SSSR count). The Morgan fingerprint density at radius 1 is 1.43 bits per heavy atom. The Bertz CT molecular complexity index is 515. The van der Waals surface area contributed by atoms with Crippen LogP contribution in [0.3, 0.4) is 0 Å². The highest BCUT2D eigenvalue weighted by molar-refractivity contribution is 7.08. The summed E-state index contributed by atoms with van der Waals surface area (Å²) in [6, 6.07) is 1.73. The average molecular weight is 310 g/mol. The van der Waals surface area contributed by atoms with Gasteiger partial charge >= 0.3 is 5.97 Å². The quantitative estimate of drug-likeness (QED) is 0.855. The first kappa shape index (κ1) is 15.5. The van der Waals surface area contributed by atoms with E-state index in [1.54, 1.807) is 16.3 Å². The Morgan fingerprint density at radius 2 is 2.24 bits per heavy atom. The molecule has 1 aliphatic rings. The van der Waals surface area contributed by atoms with Crippen LogP contribution in [0.4, 0.5) is 0 Å². The monoisotopic (exact) mass is 310 g/mol. The Kier molecular flexibility index (Phi) is 5.32. The van der Waals surface area contributed by atoms with Gasteiger partial charge in [-0.2, -0.15) is 11.3 Å². The molecular formula is C14H18N2O4S. The van der Waals surface area contributed by atoms with E-state index in [1.165, 1.54) is 11.3 Å². The minimum absolute atomic E-state index is 0.105. The summed E-state index contributed by atoms with van der Waals surface area (Å²) in [5.41, 5.74) is 0.594. The maximum Gasteiger partial charge on any atom is 0.308 e. The molecule has 1 aromatic rings. The number of piperidine rings is 1. The van der Waals surface area contributed by atoms with Gasteiger partial charge in [0.25, 0.3) is 5.91 Å². The Labute approximate surface area is 126 Å². The minimum Gasteiger partial charge on any atom is -0.481 e. The Hall–Kier alpha value is -1.89. The molecule has 0 aliphatic carbocycles. The van der Waals surface area contributed by atoms with Crippen molar-refractivity contribution in [3.63, 3.8) is 0 Å². The number of rotatable bonds is 5. The number of nitrogens with one attached hydrogen (secondary N) is 1. The first-order valence-electron chi connectivity index (χ1n) is 6.89. The molecule has 0 saturated carbocycles. The van der Waals surface area contributed by atoms with Gasteiger partial charge in [-0.15, -0.1) is 0 Å². The number of likely N-dealkylation sites (tertiary alicyclic amines) is 1. The molecule has 6 nitrogen and oxygen atoms in total. The number of amides is 2. The lowest BCUT2D eigenvalue weighted by Crippen LogP contribution is -2.43. The van der Waals surface area contributed by atoms with Crippen molar-refractivity contribution in [2.45, 2.75) is 19.3 Å². The molecule has 1 aromatic heterocycles. The normalized spacial score (nSPS) is 18.3. The van der Waals surface area contributed by atoms with E-state index in [4.69, 9.17) is 5.11 Å². The summed E-state index contributed by atoms with van der Waals surface area (Å²) >= 11 is 1.44. The summed E-state index contributed by atoms with van der Waals surface area (Å²) in [4.78, 5) is 36.3. The van der Waals surface area contributed by atoms with Crippen LogP contribution in [0.15, 0.2) is 16.8 Å². The van der Waals surface area contributed by atoms with Crippen LogP contribution in [0, 0.1) is 5.92 Å². The number of carbonyl (C=O) groups is 3. The molecule has 1 saturated heterocycles. The van der Waals surface area contributed by atoms with Gasteiger partial charge in [-0.25, -0.2) is 0 Å². The average Bonchev–Trinajstić information content (AvgIpc) is 3.01. The molecule has 21 heavy (non-hydrogen) atoms. The Morgan fingerprint density at radius 3 is 2.90 bits per heavy atom.